The highest BCUT2D eigenvalue weighted by molar-refractivity contribution is 5.93. The Labute approximate surface area is 159 Å². The summed E-state index contributed by atoms with van der Waals surface area (Å²) < 4.78 is 0. The molecule has 0 bridgehead atoms. The standard InChI is InChI=1S/C24H33NO/c1-6-19(3)22(25(4)5)18-24(23(26)7-2,20-14-10-8-11-15-20)21-16-12-9-13-17-21/h8-17,19,22H,6-7,18H2,1-5H3/t19-,22-/m1/s1. The fourth-order valence-electron chi connectivity index (χ4n) is 4.06. The van der Waals surface area contributed by atoms with E-state index in [0.29, 0.717) is 24.2 Å². The van der Waals surface area contributed by atoms with E-state index < -0.39 is 5.41 Å². The molecule has 0 amide bonds. The summed E-state index contributed by atoms with van der Waals surface area (Å²) in [5, 5.41) is 0. The maximum atomic E-state index is 13.5. The van der Waals surface area contributed by atoms with E-state index in [2.05, 4.69) is 57.1 Å². The van der Waals surface area contributed by atoms with Gasteiger partial charge in [0.2, 0.25) is 0 Å². The zero-order chi connectivity index (χ0) is 19.2. The molecular formula is C24H33NO. The van der Waals surface area contributed by atoms with Gasteiger partial charge in [-0.3, -0.25) is 4.79 Å². The average molecular weight is 352 g/mol. The minimum atomic E-state index is -0.602. The van der Waals surface area contributed by atoms with Crippen molar-refractivity contribution in [2.75, 3.05) is 14.1 Å². The van der Waals surface area contributed by atoms with E-state index in [1.54, 1.807) is 0 Å². The molecule has 2 nitrogen and oxygen atoms in total. The van der Waals surface area contributed by atoms with Crippen LogP contribution in [0.15, 0.2) is 60.7 Å². The summed E-state index contributed by atoms with van der Waals surface area (Å²) in [6.45, 7) is 6.51. The van der Waals surface area contributed by atoms with Gasteiger partial charge >= 0.3 is 0 Å². The van der Waals surface area contributed by atoms with Crippen molar-refractivity contribution in [3.05, 3.63) is 71.8 Å². The fourth-order valence-corrected chi connectivity index (χ4v) is 4.06. The smallest absolute Gasteiger partial charge is 0.147 e. The Hall–Kier alpha value is -1.93. The van der Waals surface area contributed by atoms with Gasteiger partial charge in [0.05, 0.1) is 5.41 Å². The first kappa shape index (κ1) is 20.4. The number of rotatable bonds is 9. The molecule has 0 saturated heterocycles. The van der Waals surface area contributed by atoms with Crippen molar-refractivity contribution in [2.24, 2.45) is 5.92 Å². The third-order valence-electron chi connectivity index (χ3n) is 5.81. The van der Waals surface area contributed by atoms with Crippen molar-refractivity contribution < 1.29 is 4.79 Å². The van der Waals surface area contributed by atoms with E-state index in [9.17, 15) is 4.79 Å². The topological polar surface area (TPSA) is 20.3 Å². The number of carbonyl (C=O) groups is 1. The predicted molar refractivity (Wildman–Crippen MR) is 111 cm³/mol. The van der Waals surface area contributed by atoms with Crippen LogP contribution in [0.5, 0.6) is 0 Å². The van der Waals surface area contributed by atoms with Crippen molar-refractivity contribution in [1.29, 1.82) is 0 Å². The highest BCUT2D eigenvalue weighted by Gasteiger charge is 2.43. The number of Topliss-reactive ketones (excluding diaryl/α,β-unsaturated/α-hetero) is 1. The Kier molecular flexibility index (Phi) is 7.16. The average Bonchev–Trinajstić information content (AvgIpc) is 2.69. The van der Waals surface area contributed by atoms with E-state index in [-0.39, 0.29) is 0 Å². The second-order valence-corrected chi connectivity index (χ2v) is 7.53. The lowest BCUT2D eigenvalue weighted by molar-refractivity contribution is -0.123. The summed E-state index contributed by atoms with van der Waals surface area (Å²) in [5.41, 5.74) is 1.61. The first-order chi connectivity index (χ1) is 12.5. The maximum absolute atomic E-state index is 13.5. The molecule has 2 aromatic carbocycles. The lowest BCUT2D eigenvalue weighted by Crippen LogP contribution is -2.46. The lowest BCUT2D eigenvalue weighted by atomic mass is 9.65. The van der Waals surface area contributed by atoms with Crippen LogP contribution in [-0.4, -0.2) is 30.8 Å². The summed E-state index contributed by atoms with van der Waals surface area (Å²) in [7, 11) is 4.27. The molecule has 0 aromatic heterocycles. The Morgan fingerprint density at radius 1 is 0.923 bits per heavy atom. The molecule has 2 rings (SSSR count). The Morgan fingerprint density at radius 3 is 1.73 bits per heavy atom. The van der Waals surface area contributed by atoms with E-state index in [0.717, 1.165) is 24.0 Å². The summed E-state index contributed by atoms with van der Waals surface area (Å²) in [4.78, 5) is 15.8. The minimum absolute atomic E-state index is 0.296. The molecule has 0 N–H and O–H groups in total. The SMILES string of the molecule is CCC(=O)C(C[C@H]([C@H](C)CC)N(C)C)(c1ccccc1)c1ccccc1. The number of nitrogens with zero attached hydrogens (tertiary/aromatic N) is 1. The van der Waals surface area contributed by atoms with Gasteiger partial charge in [-0.05, 0) is 37.6 Å². The van der Waals surface area contributed by atoms with Crippen LogP contribution in [0.2, 0.25) is 0 Å². The molecule has 2 heteroatoms. The number of carbonyl (C=O) groups excluding carboxylic acids is 1. The number of benzene rings is 2. The van der Waals surface area contributed by atoms with Crippen LogP contribution in [0.1, 0.15) is 51.2 Å². The third-order valence-corrected chi connectivity index (χ3v) is 5.81. The van der Waals surface area contributed by atoms with Gasteiger partial charge in [-0.2, -0.15) is 0 Å². The van der Waals surface area contributed by atoms with Crippen LogP contribution in [0.4, 0.5) is 0 Å². The number of hydrogen-bond acceptors (Lipinski definition) is 2. The van der Waals surface area contributed by atoms with Crippen molar-refractivity contribution in [3.8, 4) is 0 Å². The lowest BCUT2D eigenvalue weighted by Gasteiger charge is -2.41. The van der Waals surface area contributed by atoms with Crippen LogP contribution >= 0.6 is 0 Å². The van der Waals surface area contributed by atoms with E-state index in [1.807, 2.05) is 43.3 Å². The molecule has 2 aromatic rings. The van der Waals surface area contributed by atoms with Gasteiger partial charge in [0.25, 0.3) is 0 Å². The summed E-state index contributed by atoms with van der Waals surface area (Å²) >= 11 is 0. The Bertz CT molecular complexity index is 638. The maximum Gasteiger partial charge on any atom is 0.147 e. The molecule has 2 atom stereocenters. The quantitative estimate of drug-likeness (QED) is 0.609. The van der Waals surface area contributed by atoms with Crippen molar-refractivity contribution in [2.45, 2.75) is 51.5 Å². The zero-order valence-corrected chi connectivity index (χ0v) is 16.9. The van der Waals surface area contributed by atoms with Crippen molar-refractivity contribution in [1.82, 2.24) is 4.90 Å². The molecule has 140 valence electrons. The first-order valence-electron chi connectivity index (χ1n) is 9.78. The van der Waals surface area contributed by atoms with Crippen molar-refractivity contribution in [3.63, 3.8) is 0 Å². The number of hydrogen-bond donors (Lipinski definition) is 0. The molecule has 0 spiro atoms. The largest absolute Gasteiger partial charge is 0.306 e. The molecule has 0 unspecified atom stereocenters. The molecular weight excluding hydrogens is 318 g/mol. The van der Waals surface area contributed by atoms with Crippen LogP contribution in [0.25, 0.3) is 0 Å². The molecule has 0 aliphatic rings. The highest BCUT2D eigenvalue weighted by Crippen LogP contribution is 2.41. The van der Waals surface area contributed by atoms with Crippen LogP contribution in [-0.2, 0) is 10.2 Å². The van der Waals surface area contributed by atoms with Gasteiger partial charge < -0.3 is 4.90 Å². The summed E-state index contributed by atoms with van der Waals surface area (Å²) in [6.07, 6.45) is 2.43. The van der Waals surface area contributed by atoms with Gasteiger partial charge in [-0.1, -0.05) is 87.9 Å². The second kappa shape index (κ2) is 9.14. The summed E-state index contributed by atoms with van der Waals surface area (Å²) in [5.74, 6) is 0.812. The molecule has 0 aliphatic carbocycles. The molecule has 26 heavy (non-hydrogen) atoms. The zero-order valence-electron chi connectivity index (χ0n) is 16.9. The third kappa shape index (κ3) is 4.07. The van der Waals surface area contributed by atoms with Gasteiger partial charge in [0.1, 0.15) is 5.78 Å². The van der Waals surface area contributed by atoms with Crippen molar-refractivity contribution >= 4 is 5.78 Å². The predicted octanol–water partition coefficient (Wildman–Crippen LogP) is 5.32. The van der Waals surface area contributed by atoms with E-state index >= 15 is 0 Å². The molecule has 0 aliphatic heterocycles. The van der Waals surface area contributed by atoms with E-state index in [1.165, 1.54) is 0 Å². The molecule has 0 fully saturated rings. The fraction of sp³-hybridized carbons (Fsp3) is 0.458. The van der Waals surface area contributed by atoms with Crippen LogP contribution in [0.3, 0.4) is 0 Å². The van der Waals surface area contributed by atoms with Gasteiger partial charge in [-0.15, -0.1) is 0 Å². The number of ketones is 1. The van der Waals surface area contributed by atoms with Gasteiger partial charge in [0.15, 0.2) is 0 Å². The monoisotopic (exact) mass is 351 g/mol. The molecule has 0 heterocycles. The minimum Gasteiger partial charge on any atom is -0.306 e. The Morgan fingerprint density at radius 2 is 1.38 bits per heavy atom. The summed E-state index contributed by atoms with van der Waals surface area (Å²) in [6, 6.07) is 21.0. The Balaban J connectivity index is 2.69. The normalized spacial score (nSPS) is 14.2. The molecule has 0 saturated carbocycles. The second-order valence-electron chi connectivity index (χ2n) is 7.53. The van der Waals surface area contributed by atoms with Crippen LogP contribution < -0.4 is 0 Å². The molecule has 0 radical (unpaired) electrons. The van der Waals surface area contributed by atoms with Crippen LogP contribution in [0, 0.1) is 5.92 Å². The van der Waals surface area contributed by atoms with Gasteiger partial charge in [-0.25, -0.2) is 0 Å². The highest BCUT2D eigenvalue weighted by atomic mass is 16.1. The first-order valence-corrected chi connectivity index (χ1v) is 9.78. The van der Waals surface area contributed by atoms with Gasteiger partial charge in [0, 0.05) is 12.5 Å². The van der Waals surface area contributed by atoms with E-state index in [4.69, 9.17) is 0 Å².